The maximum absolute atomic E-state index is 10.3. The third kappa shape index (κ3) is 4.82. The molecule has 0 spiro atoms. The SMILES string of the molecule is CC(Cc1ccc(O)c(CC(C)c2ccc(O)cc2)c1)c1ccc(O)cc1. The Balaban J connectivity index is 1.73. The molecule has 3 rings (SSSR count). The molecule has 3 aromatic rings. The molecule has 3 N–H and O–H groups in total. The van der Waals surface area contributed by atoms with Gasteiger partial charge in [0.15, 0.2) is 0 Å². The second-order valence-electron chi connectivity index (χ2n) is 7.36. The Labute approximate surface area is 160 Å². The Hall–Kier alpha value is -2.94. The number of hydrogen-bond acceptors (Lipinski definition) is 3. The molecule has 0 aromatic heterocycles. The number of hydrogen-bond donors (Lipinski definition) is 3. The fourth-order valence-electron chi connectivity index (χ4n) is 3.45. The first kappa shape index (κ1) is 18.8. The Kier molecular flexibility index (Phi) is 5.70. The van der Waals surface area contributed by atoms with Gasteiger partial charge in [-0.15, -0.1) is 0 Å². The van der Waals surface area contributed by atoms with Crippen molar-refractivity contribution in [3.05, 3.63) is 89.0 Å². The van der Waals surface area contributed by atoms with E-state index in [-0.39, 0.29) is 17.4 Å². The molecule has 0 heterocycles. The number of rotatable bonds is 6. The summed E-state index contributed by atoms with van der Waals surface area (Å²) in [6.45, 7) is 4.29. The fraction of sp³-hybridized carbons (Fsp3) is 0.250. The monoisotopic (exact) mass is 362 g/mol. The standard InChI is InChI=1S/C24H26O3/c1-16(19-4-8-22(25)9-5-19)13-18-3-12-24(27)21(15-18)14-17(2)20-6-10-23(26)11-7-20/h3-12,15-17,25-27H,13-14H2,1-2H3. The maximum atomic E-state index is 10.3. The third-order valence-corrected chi connectivity index (χ3v) is 5.14. The summed E-state index contributed by atoms with van der Waals surface area (Å²) in [4.78, 5) is 0. The van der Waals surface area contributed by atoms with Gasteiger partial charge in [0.25, 0.3) is 0 Å². The normalized spacial score (nSPS) is 13.3. The van der Waals surface area contributed by atoms with Crippen LogP contribution in [0.25, 0.3) is 0 Å². The molecule has 3 nitrogen and oxygen atoms in total. The van der Waals surface area contributed by atoms with Crippen molar-refractivity contribution in [2.45, 2.75) is 38.5 Å². The molecule has 140 valence electrons. The Morgan fingerprint density at radius 1 is 0.630 bits per heavy atom. The van der Waals surface area contributed by atoms with E-state index in [1.807, 2.05) is 30.3 Å². The summed E-state index contributed by atoms with van der Waals surface area (Å²) < 4.78 is 0. The van der Waals surface area contributed by atoms with Gasteiger partial charge in [-0.3, -0.25) is 0 Å². The van der Waals surface area contributed by atoms with Crippen LogP contribution in [0.4, 0.5) is 0 Å². The Morgan fingerprint density at radius 3 is 1.63 bits per heavy atom. The number of phenolic OH excluding ortho intramolecular Hbond substituents is 3. The van der Waals surface area contributed by atoms with Crippen LogP contribution in [-0.4, -0.2) is 15.3 Å². The van der Waals surface area contributed by atoms with E-state index in [9.17, 15) is 15.3 Å². The summed E-state index contributed by atoms with van der Waals surface area (Å²) in [6, 6.07) is 20.4. The molecule has 0 radical (unpaired) electrons. The van der Waals surface area contributed by atoms with Crippen molar-refractivity contribution in [2.75, 3.05) is 0 Å². The highest BCUT2D eigenvalue weighted by atomic mass is 16.3. The molecule has 0 saturated heterocycles. The third-order valence-electron chi connectivity index (χ3n) is 5.14. The predicted molar refractivity (Wildman–Crippen MR) is 109 cm³/mol. The second-order valence-corrected chi connectivity index (χ2v) is 7.36. The maximum Gasteiger partial charge on any atom is 0.118 e. The van der Waals surface area contributed by atoms with Gasteiger partial charge < -0.3 is 15.3 Å². The summed E-state index contributed by atoms with van der Waals surface area (Å²) in [5, 5.41) is 29.2. The van der Waals surface area contributed by atoms with Crippen LogP contribution in [-0.2, 0) is 12.8 Å². The minimum Gasteiger partial charge on any atom is -0.508 e. The van der Waals surface area contributed by atoms with E-state index in [2.05, 4.69) is 19.9 Å². The molecule has 0 saturated carbocycles. The molecule has 0 fully saturated rings. The first-order valence-corrected chi connectivity index (χ1v) is 9.31. The van der Waals surface area contributed by atoms with E-state index >= 15 is 0 Å². The lowest BCUT2D eigenvalue weighted by Gasteiger charge is -2.16. The molecule has 0 aliphatic carbocycles. The van der Waals surface area contributed by atoms with Crippen LogP contribution in [0.2, 0.25) is 0 Å². The highest BCUT2D eigenvalue weighted by Gasteiger charge is 2.13. The molecular weight excluding hydrogens is 336 g/mol. The number of aromatic hydroxyl groups is 3. The molecule has 0 aliphatic heterocycles. The Bertz CT molecular complexity index is 883. The smallest absolute Gasteiger partial charge is 0.118 e. The lowest BCUT2D eigenvalue weighted by atomic mass is 9.89. The first-order chi connectivity index (χ1) is 12.9. The Morgan fingerprint density at radius 2 is 1.11 bits per heavy atom. The van der Waals surface area contributed by atoms with Gasteiger partial charge in [0.1, 0.15) is 17.2 Å². The minimum atomic E-state index is 0.237. The topological polar surface area (TPSA) is 60.7 Å². The second kappa shape index (κ2) is 8.17. The molecule has 2 atom stereocenters. The van der Waals surface area contributed by atoms with Crippen molar-refractivity contribution >= 4 is 0 Å². The lowest BCUT2D eigenvalue weighted by molar-refractivity contribution is 0.465. The van der Waals surface area contributed by atoms with E-state index < -0.39 is 0 Å². The van der Waals surface area contributed by atoms with Crippen molar-refractivity contribution in [3.63, 3.8) is 0 Å². The zero-order chi connectivity index (χ0) is 19.4. The van der Waals surface area contributed by atoms with Gasteiger partial charge >= 0.3 is 0 Å². The molecule has 3 heteroatoms. The fourth-order valence-corrected chi connectivity index (χ4v) is 3.45. The van der Waals surface area contributed by atoms with Crippen LogP contribution < -0.4 is 0 Å². The van der Waals surface area contributed by atoms with Gasteiger partial charge in [0.2, 0.25) is 0 Å². The van der Waals surface area contributed by atoms with Gasteiger partial charge in [-0.1, -0.05) is 50.2 Å². The largest absolute Gasteiger partial charge is 0.508 e. The average molecular weight is 362 g/mol. The van der Waals surface area contributed by atoms with Crippen LogP contribution >= 0.6 is 0 Å². The van der Waals surface area contributed by atoms with Crippen molar-refractivity contribution in [3.8, 4) is 17.2 Å². The quantitative estimate of drug-likeness (QED) is 0.543. The van der Waals surface area contributed by atoms with Gasteiger partial charge in [0, 0.05) is 0 Å². The molecule has 27 heavy (non-hydrogen) atoms. The summed E-state index contributed by atoms with van der Waals surface area (Å²) in [7, 11) is 0. The highest BCUT2D eigenvalue weighted by molar-refractivity contribution is 5.39. The predicted octanol–water partition coefficient (Wildman–Crippen LogP) is 5.50. The summed E-state index contributed by atoms with van der Waals surface area (Å²) >= 11 is 0. The molecule has 0 aliphatic rings. The van der Waals surface area contributed by atoms with Crippen molar-refractivity contribution in [1.29, 1.82) is 0 Å². The zero-order valence-corrected chi connectivity index (χ0v) is 15.8. The van der Waals surface area contributed by atoms with Gasteiger partial charge in [-0.25, -0.2) is 0 Å². The summed E-state index contributed by atoms with van der Waals surface area (Å²) in [6.07, 6.45) is 1.60. The lowest BCUT2D eigenvalue weighted by Crippen LogP contribution is -2.02. The number of phenols is 3. The van der Waals surface area contributed by atoms with E-state index in [0.717, 1.165) is 24.0 Å². The zero-order valence-electron chi connectivity index (χ0n) is 15.8. The van der Waals surface area contributed by atoms with Gasteiger partial charge in [0.05, 0.1) is 0 Å². The molecular formula is C24H26O3. The highest BCUT2D eigenvalue weighted by Crippen LogP contribution is 2.29. The van der Waals surface area contributed by atoms with Crippen LogP contribution in [0, 0.1) is 0 Å². The van der Waals surface area contributed by atoms with E-state index in [4.69, 9.17) is 0 Å². The van der Waals surface area contributed by atoms with Gasteiger partial charge in [-0.05, 0) is 77.3 Å². The van der Waals surface area contributed by atoms with Crippen LogP contribution in [0.3, 0.4) is 0 Å². The molecule has 0 amide bonds. The molecule has 0 bridgehead atoms. The van der Waals surface area contributed by atoms with Crippen molar-refractivity contribution in [1.82, 2.24) is 0 Å². The first-order valence-electron chi connectivity index (χ1n) is 9.31. The summed E-state index contributed by atoms with van der Waals surface area (Å²) in [5.74, 6) is 1.42. The number of benzene rings is 3. The average Bonchev–Trinajstić information content (AvgIpc) is 2.65. The molecule has 2 unspecified atom stereocenters. The van der Waals surface area contributed by atoms with E-state index in [0.29, 0.717) is 11.7 Å². The van der Waals surface area contributed by atoms with Crippen molar-refractivity contribution < 1.29 is 15.3 Å². The molecule has 3 aromatic carbocycles. The van der Waals surface area contributed by atoms with E-state index in [1.54, 1.807) is 30.3 Å². The summed E-state index contributed by atoms with van der Waals surface area (Å²) in [5.41, 5.74) is 4.43. The van der Waals surface area contributed by atoms with Crippen molar-refractivity contribution in [2.24, 2.45) is 0 Å². The van der Waals surface area contributed by atoms with Crippen LogP contribution in [0.5, 0.6) is 17.2 Å². The van der Waals surface area contributed by atoms with E-state index in [1.165, 1.54) is 11.1 Å². The minimum absolute atomic E-state index is 0.237. The van der Waals surface area contributed by atoms with Crippen LogP contribution in [0.1, 0.15) is 47.9 Å². The van der Waals surface area contributed by atoms with Gasteiger partial charge in [-0.2, -0.15) is 0 Å². The van der Waals surface area contributed by atoms with Crippen LogP contribution in [0.15, 0.2) is 66.7 Å².